The monoisotopic (exact) mass is 262 g/mol. The first kappa shape index (κ1) is 12.8. The Bertz CT molecular complexity index is 602. The van der Waals surface area contributed by atoms with Gasteiger partial charge in [0.05, 0.1) is 11.3 Å². The molecular weight excluding hydrogens is 248 g/mol. The fraction of sp³-hybridized carbons (Fsp3) is 0.286. The third-order valence-electron chi connectivity index (χ3n) is 2.92. The Hall–Kier alpha value is -1.61. The largest absolute Gasteiger partial charge is 0.288 e. The SMILES string of the molecule is CCc1nn(C)cc1C(=O)c1ccc(C)c(Cl)c1. The topological polar surface area (TPSA) is 34.9 Å². The van der Waals surface area contributed by atoms with E-state index >= 15 is 0 Å². The summed E-state index contributed by atoms with van der Waals surface area (Å²) in [5.74, 6) is -0.0261. The molecule has 0 saturated heterocycles. The van der Waals surface area contributed by atoms with Gasteiger partial charge in [0.2, 0.25) is 0 Å². The van der Waals surface area contributed by atoms with Crippen LogP contribution in [0.25, 0.3) is 0 Å². The van der Waals surface area contributed by atoms with Gasteiger partial charge in [-0.3, -0.25) is 9.48 Å². The molecule has 0 fully saturated rings. The zero-order valence-electron chi connectivity index (χ0n) is 10.7. The molecule has 2 aromatic rings. The third kappa shape index (κ3) is 2.31. The Morgan fingerprint density at radius 2 is 2.17 bits per heavy atom. The van der Waals surface area contributed by atoms with Crippen LogP contribution in [0.4, 0.5) is 0 Å². The molecule has 0 aliphatic carbocycles. The van der Waals surface area contributed by atoms with Gasteiger partial charge in [0.15, 0.2) is 5.78 Å². The molecule has 0 spiro atoms. The molecule has 18 heavy (non-hydrogen) atoms. The van der Waals surface area contributed by atoms with Crippen LogP contribution in [0.15, 0.2) is 24.4 Å². The minimum Gasteiger partial charge on any atom is -0.288 e. The number of hydrogen-bond acceptors (Lipinski definition) is 2. The van der Waals surface area contributed by atoms with Crippen LogP contribution in [0.1, 0.15) is 34.1 Å². The van der Waals surface area contributed by atoms with Crippen molar-refractivity contribution in [2.24, 2.45) is 7.05 Å². The quantitative estimate of drug-likeness (QED) is 0.797. The van der Waals surface area contributed by atoms with Crippen LogP contribution < -0.4 is 0 Å². The van der Waals surface area contributed by atoms with Crippen molar-refractivity contribution in [2.45, 2.75) is 20.3 Å². The van der Waals surface area contributed by atoms with Crippen LogP contribution in [-0.2, 0) is 13.5 Å². The second kappa shape index (κ2) is 4.94. The molecule has 0 unspecified atom stereocenters. The molecule has 0 aliphatic rings. The Balaban J connectivity index is 2.44. The van der Waals surface area contributed by atoms with Gasteiger partial charge in [-0.05, 0) is 25.0 Å². The number of carbonyl (C=O) groups excluding carboxylic acids is 1. The number of rotatable bonds is 3. The van der Waals surface area contributed by atoms with Crippen molar-refractivity contribution in [1.82, 2.24) is 9.78 Å². The summed E-state index contributed by atoms with van der Waals surface area (Å²) >= 11 is 6.05. The lowest BCUT2D eigenvalue weighted by Gasteiger charge is -2.03. The molecule has 0 radical (unpaired) electrons. The van der Waals surface area contributed by atoms with Gasteiger partial charge < -0.3 is 0 Å². The summed E-state index contributed by atoms with van der Waals surface area (Å²) < 4.78 is 1.67. The Morgan fingerprint density at radius 1 is 1.44 bits per heavy atom. The van der Waals surface area contributed by atoms with Gasteiger partial charge in [0, 0.05) is 23.8 Å². The van der Waals surface area contributed by atoms with Crippen molar-refractivity contribution in [1.29, 1.82) is 0 Å². The highest BCUT2D eigenvalue weighted by Crippen LogP contribution is 2.20. The van der Waals surface area contributed by atoms with Gasteiger partial charge in [-0.25, -0.2) is 0 Å². The maximum Gasteiger partial charge on any atom is 0.196 e. The minimum absolute atomic E-state index is 0.0261. The Kier molecular flexibility index (Phi) is 3.53. The predicted octanol–water partition coefficient (Wildman–Crippen LogP) is 3.18. The summed E-state index contributed by atoms with van der Waals surface area (Å²) in [7, 11) is 1.82. The first-order chi connectivity index (χ1) is 8.52. The number of aryl methyl sites for hydroxylation is 3. The first-order valence-electron chi connectivity index (χ1n) is 5.86. The molecule has 0 amide bonds. The summed E-state index contributed by atoms with van der Waals surface area (Å²) in [4.78, 5) is 12.4. The molecule has 4 heteroatoms. The van der Waals surface area contributed by atoms with Gasteiger partial charge in [0.1, 0.15) is 0 Å². The van der Waals surface area contributed by atoms with Crippen molar-refractivity contribution in [3.05, 3.63) is 51.8 Å². The standard InChI is InChI=1S/C14H15ClN2O/c1-4-13-11(8-17(3)16-13)14(18)10-6-5-9(2)12(15)7-10/h5-8H,4H2,1-3H3. The van der Waals surface area contributed by atoms with E-state index in [0.29, 0.717) is 16.1 Å². The van der Waals surface area contributed by atoms with E-state index < -0.39 is 0 Å². The van der Waals surface area contributed by atoms with E-state index in [1.165, 1.54) is 0 Å². The molecular formula is C14H15ClN2O. The molecule has 0 N–H and O–H groups in total. The van der Waals surface area contributed by atoms with E-state index in [4.69, 9.17) is 11.6 Å². The predicted molar refractivity (Wildman–Crippen MR) is 72.2 cm³/mol. The van der Waals surface area contributed by atoms with Crippen molar-refractivity contribution < 1.29 is 4.79 Å². The van der Waals surface area contributed by atoms with E-state index in [9.17, 15) is 4.79 Å². The molecule has 0 bridgehead atoms. The van der Waals surface area contributed by atoms with Crippen molar-refractivity contribution >= 4 is 17.4 Å². The van der Waals surface area contributed by atoms with Crippen LogP contribution in [0.2, 0.25) is 5.02 Å². The first-order valence-corrected chi connectivity index (χ1v) is 6.24. The van der Waals surface area contributed by atoms with Gasteiger partial charge >= 0.3 is 0 Å². The van der Waals surface area contributed by atoms with Crippen LogP contribution in [0, 0.1) is 6.92 Å². The molecule has 0 aliphatic heterocycles. The summed E-state index contributed by atoms with van der Waals surface area (Å²) in [6, 6.07) is 5.37. The summed E-state index contributed by atoms with van der Waals surface area (Å²) in [6.07, 6.45) is 2.50. The fourth-order valence-corrected chi connectivity index (χ4v) is 2.06. The second-order valence-corrected chi connectivity index (χ2v) is 4.72. The third-order valence-corrected chi connectivity index (χ3v) is 3.33. The molecule has 1 aromatic carbocycles. The number of hydrogen-bond donors (Lipinski definition) is 0. The van der Waals surface area contributed by atoms with Gasteiger partial charge in [-0.2, -0.15) is 5.10 Å². The minimum atomic E-state index is -0.0261. The van der Waals surface area contributed by atoms with Crippen molar-refractivity contribution in [3.63, 3.8) is 0 Å². The highest BCUT2D eigenvalue weighted by molar-refractivity contribution is 6.31. The van der Waals surface area contributed by atoms with Crippen LogP contribution in [-0.4, -0.2) is 15.6 Å². The average molecular weight is 263 g/mol. The average Bonchev–Trinajstić information content (AvgIpc) is 2.73. The lowest BCUT2D eigenvalue weighted by atomic mass is 10.0. The second-order valence-electron chi connectivity index (χ2n) is 4.31. The number of aromatic nitrogens is 2. The number of benzene rings is 1. The summed E-state index contributed by atoms with van der Waals surface area (Å²) in [5.41, 5.74) is 3.04. The molecule has 3 nitrogen and oxygen atoms in total. The van der Waals surface area contributed by atoms with Crippen molar-refractivity contribution in [2.75, 3.05) is 0 Å². The van der Waals surface area contributed by atoms with Crippen LogP contribution in [0.3, 0.4) is 0 Å². The van der Waals surface area contributed by atoms with Crippen LogP contribution >= 0.6 is 11.6 Å². The summed E-state index contributed by atoms with van der Waals surface area (Å²) in [5, 5.41) is 4.89. The van der Waals surface area contributed by atoms with E-state index in [-0.39, 0.29) is 5.78 Å². The van der Waals surface area contributed by atoms with E-state index in [0.717, 1.165) is 17.7 Å². The van der Waals surface area contributed by atoms with E-state index in [1.54, 1.807) is 23.0 Å². The smallest absolute Gasteiger partial charge is 0.196 e. The van der Waals surface area contributed by atoms with Crippen molar-refractivity contribution in [3.8, 4) is 0 Å². The lowest BCUT2D eigenvalue weighted by molar-refractivity contribution is 0.103. The fourth-order valence-electron chi connectivity index (χ4n) is 1.87. The zero-order chi connectivity index (χ0) is 13.3. The number of halogens is 1. The molecule has 0 saturated carbocycles. The molecule has 2 rings (SSSR count). The number of ketones is 1. The molecule has 1 aromatic heterocycles. The molecule has 0 atom stereocenters. The highest BCUT2D eigenvalue weighted by Gasteiger charge is 2.16. The lowest BCUT2D eigenvalue weighted by Crippen LogP contribution is -2.03. The maximum absolute atomic E-state index is 12.4. The highest BCUT2D eigenvalue weighted by atomic mass is 35.5. The maximum atomic E-state index is 12.4. The van der Waals surface area contributed by atoms with Gasteiger partial charge in [0.25, 0.3) is 0 Å². The Morgan fingerprint density at radius 3 is 2.78 bits per heavy atom. The number of nitrogens with zero attached hydrogens (tertiary/aromatic N) is 2. The van der Waals surface area contributed by atoms with Crippen LogP contribution in [0.5, 0.6) is 0 Å². The number of carbonyl (C=O) groups is 1. The van der Waals surface area contributed by atoms with Gasteiger partial charge in [-0.15, -0.1) is 0 Å². The summed E-state index contributed by atoms with van der Waals surface area (Å²) in [6.45, 7) is 3.90. The molecule has 94 valence electrons. The van der Waals surface area contributed by atoms with E-state index in [1.807, 2.05) is 27.0 Å². The van der Waals surface area contributed by atoms with E-state index in [2.05, 4.69) is 5.10 Å². The Labute approximate surface area is 111 Å². The molecule has 1 heterocycles. The zero-order valence-corrected chi connectivity index (χ0v) is 11.5. The normalized spacial score (nSPS) is 10.7. The van der Waals surface area contributed by atoms with Gasteiger partial charge in [-0.1, -0.05) is 30.7 Å².